The van der Waals surface area contributed by atoms with Crippen LogP contribution in [0.25, 0.3) is 11.0 Å². The molecule has 0 spiro atoms. The Kier molecular flexibility index (Phi) is 4.91. The van der Waals surface area contributed by atoms with Crippen LogP contribution in [0.4, 0.5) is 5.69 Å². The number of anilines is 1. The number of furan rings is 1. The zero-order chi connectivity index (χ0) is 17.0. The average molecular weight is 322 g/mol. The molecular formula is C21H26N2O. The van der Waals surface area contributed by atoms with Crippen molar-refractivity contribution in [1.82, 2.24) is 5.32 Å². The topological polar surface area (TPSA) is 37.2 Å². The quantitative estimate of drug-likeness (QED) is 0.644. The summed E-state index contributed by atoms with van der Waals surface area (Å²) in [6.45, 7) is 5.24. The number of benzene rings is 2. The predicted molar refractivity (Wildman–Crippen MR) is 101 cm³/mol. The lowest BCUT2D eigenvalue weighted by Gasteiger charge is -2.26. The van der Waals surface area contributed by atoms with Gasteiger partial charge >= 0.3 is 0 Å². The maximum Gasteiger partial charge on any atom is 0.134 e. The lowest BCUT2D eigenvalue weighted by atomic mass is 9.94. The zero-order valence-electron chi connectivity index (χ0n) is 14.7. The van der Waals surface area contributed by atoms with Crippen LogP contribution in [0.5, 0.6) is 0 Å². The zero-order valence-corrected chi connectivity index (χ0v) is 14.7. The smallest absolute Gasteiger partial charge is 0.134 e. The van der Waals surface area contributed by atoms with Crippen LogP contribution in [-0.2, 0) is 13.0 Å². The molecule has 0 bridgehead atoms. The molecule has 1 heterocycles. The van der Waals surface area contributed by atoms with Gasteiger partial charge in [0.2, 0.25) is 0 Å². The van der Waals surface area contributed by atoms with Gasteiger partial charge in [-0.25, -0.2) is 0 Å². The highest BCUT2D eigenvalue weighted by molar-refractivity contribution is 5.77. The minimum atomic E-state index is 0.0415. The summed E-state index contributed by atoms with van der Waals surface area (Å²) in [7, 11) is 1.98. The molecule has 0 atom stereocenters. The van der Waals surface area contributed by atoms with E-state index < -0.39 is 0 Å². The molecule has 0 aliphatic heterocycles. The van der Waals surface area contributed by atoms with E-state index in [4.69, 9.17) is 4.42 Å². The summed E-state index contributed by atoms with van der Waals surface area (Å²) in [5, 5.41) is 8.06. The third-order valence-corrected chi connectivity index (χ3v) is 4.52. The van der Waals surface area contributed by atoms with Gasteiger partial charge in [-0.2, -0.15) is 0 Å². The molecule has 0 fully saturated rings. The summed E-state index contributed by atoms with van der Waals surface area (Å²) in [6.07, 6.45) is 2.10. The van der Waals surface area contributed by atoms with Gasteiger partial charge in [0.15, 0.2) is 0 Å². The van der Waals surface area contributed by atoms with E-state index in [1.54, 1.807) is 0 Å². The summed E-state index contributed by atoms with van der Waals surface area (Å²) in [5.74, 6) is 0.986. The molecule has 2 aromatic carbocycles. The van der Waals surface area contributed by atoms with Gasteiger partial charge in [-0.3, -0.25) is 0 Å². The summed E-state index contributed by atoms with van der Waals surface area (Å²) in [4.78, 5) is 0. The molecule has 0 radical (unpaired) electrons. The van der Waals surface area contributed by atoms with Crippen LogP contribution in [0.3, 0.4) is 0 Å². The van der Waals surface area contributed by atoms with E-state index in [2.05, 4.69) is 60.9 Å². The maximum absolute atomic E-state index is 5.89. The minimum Gasteiger partial charge on any atom is -0.460 e. The van der Waals surface area contributed by atoms with Gasteiger partial charge in [0, 0.05) is 23.7 Å². The highest BCUT2D eigenvalue weighted by atomic mass is 16.3. The third kappa shape index (κ3) is 3.98. The van der Waals surface area contributed by atoms with Crippen molar-refractivity contribution in [3.05, 3.63) is 65.9 Å². The van der Waals surface area contributed by atoms with Crippen molar-refractivity contribution in [3.8, 4) is 0 Å². The second kappa shape index (κ2) is 7.10. The van der Waals surface area contributed by atoms with Gasteiger partial charge < -0.3 is 15.1 Å². The molecule has 3 aromatic rings. The fourth-order valence-corrected chi connectivity index (χ4v) is 2.97. The Labute approximate surface area is 144 Å². The predicted octanol–water partition coefficient (Wildman–Crippen LogP) is 4.98. The first-order valence-corrected chi connectivity index (χ1v) is 8.55. The molecule has 3 nitrogen and oxygen atoms in total. The van der Waals surface area contributed by atoms with E-state index in [-0.39, 0.29) is 5.54 Å². The fourth-order valence-electron chi connectivity index (χ4n) is 2.97. The summed E-state index contributed by atoms with van der Waals surface area (Å²) in [6, 6.07) is 18.8. The lowest BCUT2D eigenvalue weighted by Crippen LogP contribution is -2.39. The fraction of sp³-hybridized carbons (Fsp3) is 0.333. The largest absolute Gasteiger partial charge is 0.460 e. The Morgan fingerprint density at radius 2 is 1.75 bits per heavy atom. The second-order valence-electron chi connectivity index (χ2n) is 6.90. The molecular weight excluding hydrogens is 296 g/mol. The van der Waals surface area contributed by atoms with E-state index in [1.165, 1.54) is 11.3 Å². The molecule has 126 valence electrons. The van der Waals surface area contributed by atoms with Crippen LogP contribution >= 0.6 is 0 Å². The van der Waals surface area contributed by atoms with Gasteiger partial charge in [0.25, 0.3) is 0 Å². The van der Waals surface area contributed by atoms with Crippen molar-refractivity contribution < 1.29 is 4.42 Å². The average Bonchev–Trinajstić information content (AvgIpc) is 3.02. The van der Waals surface area contributed by atoms with E-state index >= 15 is 0 Å². The number of aryl methyl sites for hydroxylation is 1. The number of fused-ring (bicyclic) bond motifs is 1. The standard InChI is InChI=1S/C21H26N2O/c1-21(2,13-12-16-8-4-6-10-19(16)22-3)23-15-18-14-17-9-5-7-11-20(17)24-18/h4-11,14,22-23H,12-13,15H2,1-3H3. The van der Waals surface area contributed by atoms with Gasteiger partial charge in [-0.1, -0.05) is 36.4 Å². The normalized spacial score (nSPS) is 11.8. The van der Waals surface area contributed by atoms with Crippen molar-refractivity contribution in [3.63, 3.8) is 0 Å². The van der Waals surface area contributed by atoms with Crippen LogP contribution in [0.15, 0.2) is 59.0 Å². The molecule has 3 rings (SSSR count). The Hall–Kier alpha value is -2.26. The van der Waals surface area contributed by atoms with E-state index in [1.807, 2.05) is 25.2 Å². The van der Waals surface area contributed by atoms with E-state index in [0.29, 0.717) is 0 Å². The highest BCUT2D eigenvalue weighted by Gasteiger charge is 2.18. The molecule has 0 aliphatic rings. The van der Waals surface area contributed by atoms with E-state index in [9.17, 15) is 0 Å². The minimum absolute atomic E-state index is 0.0415. The maximum atomic E-state index is 5.89. The van der Waals surface area contributed by atoms with Gasteiger partial charge in [0.05, 0.1) is 6.54 Å². The number of para-hydroxylation sites is 2. The Morgan fingerprint density at radius 1 is 1.00 bits per heavy atom. The first-order chi connectivity index (χ1) is 11.6. The molecule has 0 saturated carbocycles. The molecule has 3 heteroatoms. The second-order valence-corrected chi connectivity index (χ2v) is 6.90. The Bertz CT molecular complexity index is 771. The molecule has 0 aliphatic carbocycles. The van der Waals surface area contributed by atoms with Crippen molar-refractivity contribution >= 4 is 16.7 Å². The van der Waals surface area contributed by atoms with Crippen LogP contribution in [0.1, 0.15) is 31.6 Å². The molecule has 24 heavy (non-hydrogen) atoms. The molecule has 2 N–H and O–H groups in total. The number of nitrogens with one attached hydrogen (secondary N) is 2. The third-order valence-electron chi connectivity index (χ3n) is 4.52. The summed E-state index contributed by atoms with van der Waals surface area (Å²) >= 11 is 0. The van der Waals surface area contributed by atoms with Crippen LogP contribution < -0.4 is 10.6 Å². The summed E-state index contributed by atoms with van der Waals surface area (Å²) < 4.78 is 5.89. The first kappa shape index (κ1) is 16.6. The molecule has 0 amide bonds. The number of hydrogen-bond acceptors (Lipinski definition) is 3. The monoisotopic (exact) mass is 322 g/mol. The Morgan fingerprint density at radius 3 is 2.54 bits per heavy atom. The van der Waals surface area contributed by atoms with Crippen LogP contribution in [0.2, 0.25) is 0 Å². The number of hydrogen-bond donors (Lipinski definition) is 2. The first-order valence-electron chi connectivity index (χ1n) is 8.55. The molecule has 1 aromatic heterocycles. The van der Waals surface area contributed by atoms with Crippen molar-refractivity contribution in [2.45, 2.75) is 38.8 Å². The van der Waals surface area contributed by atoms with Crippen LogP contribution in [0, 0.1) is 0 Å². The van der Waals surface area contributed by atoms with Crippen molar-refractivity contribution in [2.24, 2.45) is 0 Å². The van der Waals surface area contributed by atoms with Crippen molar-refractivity contribution in [2.75, 3.05) is 12.4 Å². The highest BCUT2D eigenvalue weighted by Crippen LogP contribution is 2.22. The van der Waals surface area contributed by atoms with Gasteiger partial charge in [-0.15, -0.1) is 0 Å². The van der Waals surface area contributed by atoms with E-state index in [0.717, 1.165) is 36.1 Å². The van der Waals surface area contributed by atoms with Crippen molar-refractivity contribution in [1.29, 1.82) is 0 Å². The van der Waals surface area contributed by atoms with Gasteiger partial charge in [-0.05, 0) is 50.5 Å². The number of rotatable bonds is 7. The Balaban J connectivity index is 1.59. The summed E-state index contributed by atoms with van der Waals surface area (Å²) in [5.41, 5.74) is 3.57. The van der Waals surface area contributed by atoms with Gasteiger partial charge in [0.1, 0.15) is 11.3 Å². The molecule has 0 unspecified atom stereocenters. The SMILES string of the molecule is CNc1ccccc1CCC(C)(C)NCc1cc2ccccc2o1. The van der Waals surface area contributed by atoms with Crippen LogP contribution in [-0.4, -0.2) is 12.6 Å². The molecule has 0 saturated heterocycles. The lowest BCUT2D eigenvalue weighted by molar-refractivity contribution is 0.344.